The quantitative estimate of drug-likeness (QED) is 0.801. The number of nitrogens with two attached hydrogens (primary N) is 1. The van der Waals surface area contributed by atoms with Crippen LogP contribution in [-0.4, -0.2) is 29.3 Å². The van der Waals surface area contributed by atoms with Gasteiger partial charge in [-0.25, -0.2) is 4.79 Å². The number of carbonyl (C=O) groups excluding carboxylic acids is 3. The number of hydrogen-bond acceptors (Lipinski definition) is 4. The van der Waals surface area contributed by atoms with Gasteiger partial charge in [-0.1, -0.05) is 0 Å². The van der Waals surface area contributed by atoms with Crippen LogP contribution in [0.4, 0.5) is 4.79 Å². The van der Waals surface area contributed by atoms with Gasteiger partial charge in [-0.15, -0.1) is 11.3 Å². The van der Waals surface area contributed by atoms with E-state index in [1.165, 1.54) is 11.3 Å². The summed E-state index contributed by atoms with van der Waals surface area (Å²) >= 11 is 4.70. The van der Waals surface area contributed by atoms with Gasteiger partial charge in [0.15, 0.2) is 5.54 Å². The molecule has 0 spiro atoms. The second kappa shape index (κ2) is 4.93. The molecule has 1 aliphatic rings. The molecule has 0 saturated carbocycles. The summed E-state index contributed by atoms with van der Waals surface area (Å²) in [4.78, 5) is 36.7. The maximum absolute atomic E-state index is 12.3. The lowest BCUT2D eigenvalue weighted by Gasteiger charge is -2.19. The standard InChI is InChI=1S/C11H12BrN3O3S/c1-11(6-2-3-7(12)19-6)9(17)15(10(18)14-11)5-4-8(13)16/h2-3H,4-5H2,1H3,(H2,13,16)(H,14,18). The van der Waals surface area contributed by atoms with Crippen molar-refractivity contribution in [3.63, 3.8) is 0 Å². The maximum atomic E-state index is 12.3. The number of nitrogens with zero attached hydrogens (tertiary/aromatic N) is 1. The number of imide groups is 1. The molecule has 1 fully saturated rings. The molecule has 2 heterocycles. The van der Waals surface area contributed by atoms with Crippen LogP contribution >= 0.6 is 27.3 Å². The lowest BCUT2D eigenvalue weighted by Crippen LogP contribution is -2.40. The fourth-order valence-corrected chi connectivity index (χ4v) is 3.35. The summed E-state index contributed by atoms with van der Waals surface area (Å²) < 4.78 is 0.876. The van der Waals surface area contributed by atoms with Crippen molar-refractivity contribution in [1.29, 1.82) is 0 Å². The Bertz CT molecular complexity index is 559. The number of primary amides is 1. The van der Waals surface area contributed by atoms with Crippen LogP contribution in [0, 0.1) is 0 Å². The molecular weight excluding hydrogens is 334 g/mol. The molecule has 6 nitrogen and oxygen atoms in total. The highest BCUT2D eigenvalue weighted by molar-refractivity contribution is 9.11. The molecule has 2 rings (SSSR count). The van der Waals surface area contributed by atoms with Crippen LogP contribution in [0.3, 0.4) is 0 Å². The first-order valence-electron chi connectivity index (χ1n) is 5.53. The van der Waals surface area contributed by atoms with Gasteiger partial charge in [-0.3, -0.25) is 14.5 Å². The zero-order chi connectivity index (χ0) is 14.2. The van der Waals surface area contributed by atoms with E-state index in [0.717, 1.165) is 13.6 Å². The Hall–Kier alpha value is -1.41. The van der Waals surface area contributed by atoms with Gasteiger partial charge in [0.2, 0.25) is 5.91 Å². The van der Waals surface area contributed by atoms with E-state index in [1.807, 2.05) is 6.07 Å². The van der Waals surface area contributed by atoms with Crippen molar-refractivity contribution in [1.82, 2.24) is 10.2 Å². The van der Waals surface area contributed by atoms with Gasteiger partial charge in [0.05, 0.1) is 3.79 Å². The Morgan fingerprint density at radius 2 is 2.21 bits per heavy atom. The molecule has 0 aromatic carbocycles. The first kappa shape index (κ1) is 14.0. The summed E-state index contributed by atoms with van der Waals surface area (Å²) in [7, 11) is 0. The fourth-order valence-electron chi connectivity index (χ4n) is 1.87. The number of nitrogens with one attached hydrogen (secondary N) is 1. The Morgan fingerprint density at radius 3 is 2.74 bits per heavy atom. The van der Waals surface area contributed by atoms with Crippen LogP contribution in [-0.2, 0) is 15.1 Å². The monoisotopic (exact) mass is 345 g/mol. The average Bonchev–Trinajstić information content (AvgIpc) is 2.83. The second-order valence-corrected chi connectivity index (χ2v) is 6.80. The molecule has 102 valence electrons. The largest absolute Gasteiger partial charge is 0.370 e. The molecule has 4 amide bonds. The molecule has 1 unspecified atom stereocenters. The lowest BCUT2D eigenvalue weighted by atomic mass is 10.0. The molecule has 1 atom stereocenters. The number of amides is 4. The number of hydrogen-bond donors (Lipinski definition) is 2. The van der Waals surface area contributed by atoms with Crippen LogP contribution < -0.4 is 11.1 Å². The van der Waals surface area contributed by atoms with Crippen molar-refractivity contribution in [3.8, 4) is 0 Å². The first-order chi connectivity index (χ1) is 8.84. The minimum absolute atomic E-state index is 0.00212. The van der Waals surface area contributed by atoms with Gasteiger partial charge in [0.25, 0.3) is 5.91 Å². The van der Waals surface area contributed by atoms with E-state index in [4.69, 9.17) is 5.73 Å². The maximum Gasteiger partial charge on any atom is 0.325 e. The summed E-state index contributed by atoms with van der Waals surface area (Å²) in [6, 6.07) is 3.10. The van der Waals surface area contributed by atoms with Gasteiger partial charge in [0, 0.05) is 17.8 Å². The number of urea groups is 1. The van der Waals surface area contributed by atoms with E-state index in [0.29, 0.717) is 0 Å². The van der Waals surface area contributed by atoms with Crippen LogP contribution in [0.25, 0.3) is 0 Å². The third kappa shape index (κ3) is 2.50. The van der Waals surface area contributed by atoms with Crippen LogP contribution in [0.15, 0.2) is 15.9 Å². The van der Waals surface area contributed by atoms with Crippen molar-refractivity contribution in [2.75, 3.05) is 6.54 Å². The summed E-state index contributed by atoms with van der Waals surface area (Å²) in [6.07, 6.45) is -0.0383. The number of carbonyl (C=O) groups is 3. The third-order valence-corrected chi connectivity index (χ3v) is 4.77. The van der Waals surface area contributed by atoms with E-state index in [9.17, 15) is 14.4 Å². The molecule has 1 aromatic heterocycles. The van der Waals surface area contributed by atoms with E-state index in [1.54, 1.807) is 13.0 Å². The SMILES string of the molecule is CC1(c2ccc(Br)s2)NC(=O)N(CCC(N)=O)C1=O. The second-order valence-electron chi connectivity index (χ2n) is 4.33. The topological polar surface area (TPSA) is 92.5 Å². The van der Waals surface area contributed by atoms with Gasteiger partial charge in [0.1, 0.15) is 0 Å². The van der Waals surface area contributed by atoms with E-state index in [2.05, 4.69) is 21.2 Å². The Morgan fingerprint density at radius 1 is 1.53 bits per heavy atom. The molecule has 1 aromatic rings. The highest BCUT2D eigenvalue weighted by Crippen LogP contribution is 2.35. The minimum Gasteiger partial charge on any atom is -0.370 e. The molecule has 3 N–H and O–H groups in total. The van der Waals surface area contributed by atoms with Crippen molar-refractivity contribution >= 4 is 45.1 Å². The molecule has 1 aliphatic heterocycles. The third-order valence-electron chi connectivity index (χ3n) is 2.92. The summed E-state index contributed by atoms with van der Waals surface area (Å²) in [5.74, 6) is -0.916. The smallest absolute Gasteiger partial charge is 0.325 e. The van der Waals surface area contributed by atoms with Crippen molar-refractivity contribution in [2.45, 2.75) is 18.9 Å². The van der Waals surface area contributed by atoms with E-state index < -0.39 is 17.5 Å². The van der Waals surface area contributed by atoms with Crippen molar-refractivity contribution < 1.29 is 14.4 Å². The van der Waals surface area contributed by atoms with Gasteiger partial charge in [-0.05, 0) is 35.0 Å². The fraction of sp³-hybridized carbons (Fsp3) is 0.364. The number of halogens is 1. The van der Waals surface area contributed by atoms with Gasteiger partial charge < -0.3 is 11.1 Å². The predicted octanol–water partition coefficient (Wildman–Crippen LogP) is 1.15. The predicted molar refractivity (Wildman–Crippen MR) is 73.4 cm³/mol. The molecule has 1 saturated heterocycles. The molecule has 8 heteroatoms. The summed E-state index contributed by atoms with van der Waals surface area (Å²) in [5, 5.41) is 2.66. The average molecular weight is 346 g/mol. The molecule has 0 radical (unpaired) electrons. The van der Waals surface area contributed by atoms with Crippen molar-refractivity contribution in [2.24, 2.45) is 5.73 Å². The van der Waals surface area contributed by atoms with E-state index in [-0.39, 0.29) is 18.9 Å². The zero-order valence-corrected chi connectivity index (χ0v) is 12.5. The summed E-state index contributed by atoms with van der Waals surface area (Å²) in [5.41, 5.74) is 3.95. The van der Waals surface area contributed by atoms with Gasteiger partial charge in [-0.2, -0.15) is 0 Å². The molecule has 19 heavy (non-hydrogen) atoms. The number of thiophene rings is 1. The van der Waals surface area contributed by atoms with Crippen LogP contribution in [0.5, 0.6) is 0 Å². The van der Waals surface area contributed by atoms with Crippen molar-refractivity contribution in [3.05, 3.63) is 20.8 Å². The normalized spacial score (nSPS) is 22.7. The van der Waals surface area contributed by atoms with Crippen LogP contribution in [0.2, 0.25) is 0 Å². The van der Waals surface area contributed by atoms with Gasteiger partial charge >= 0.3 is 6.03 Å². The molecule has 0 bridgehead atoms. The molecular formula is C11H12BrN3O3S. The zero-order valence-electron chi connectivity index (χ0n) is 10.1. The highest BCUT2D eigenvalue weighted by atomic mass is 79.9. The summed E-state index contributed by atoms with van der Waals surface area (Å²) in [6.45, 7) is 1.65. The first-order valence-corrected chi connectivity index (χ1v) is 7.14. The number of rotatable bonds is 4. The molecule has 0 aliphatic carbocycles. The lowest BCUT2D eigenvalue weighted by molar-refractivity contribution is -0.131. The van der Waals surface area contributed by atoms with Crippen LogP contribution in [0.1, 0.15) is 18.2 Å². The Labute approximate surface area is 122 Å². The highest BCUT2D eigenvalue weighted by Gasteiger charge is 2.49. The minimum atomic E-state index is -1.08. The Kier molecular flexibility index (Phi) is 3.64. The van der Waals surface area contributed by atoms with E-state index >= 15 is 0 Å². The Balaban J connectivity index is 2.23.